The molecule has 21 heavy (non-hydrogen) atoms. The van der Waals surface area contributed by atoms with Crippen molar-refractivity contribution in [3.8, 4) is 0 Å². The topological polar surface area (TPSA) is 62.7 Å². The quantitative estimate of drug-likeness (QED) is 0.819. The monoisotopic (exact) mass is 370 g/mol. The molecule has 0 aliphatic heterocycles. The van der Waals surface area contributed by atoms with E-state index in [2.05, 4.69) is 57.4 Å². The SMILES string of the molecule is CCNC(C)c1cc(Br)ccc1Sc1n[nH]c(=O)n1CC. The van der Waals surface area contributed by atoms with E-state index in [1.165, 1.54) is 17.3 Å². The molecule has 2 aromatic rings. The lowest BCUT2D eigenvalue weighted by atomic mass is 10.1. The highest BCUT2D eigenvalue weighted by Gasteiger charge is 2.15. The van der Waals surface area contributed by atoms with Gasteiger partial charge >= 0.3 is 5.69 Å². The van der Waals surface area contributed by atoms with Gasteiger partial charge in [0.2, 0.25) is 0 Å². The van der Waals surface area contributed by atoms with Gasteiger partial charge < -0.3 is 5.32 Å². The summed E-state index contributed by atoms with van der Waals surface area (Å²) < 4.78 is 2.68. The summed E-state index contributed by atoms with van der Waals surface area (Å²) in [6.45, 7) is 7.66. The fourth-order valence-corrected chi connectivity index (χ4v) is 3.60. The van der Waals surface area contributed by atoms with E-state index in [4.69, 9.17) is 0 Å². The third kappa shape index (κ3) is 3.78. The molecule has 114 valence electrons. The molecule has 0 aliphatic rings. The van der Waals surface area contributed by atoms with Gasteiger partial charge in [-0.2, -0.15) is 0 Å². The van der Waals surface area contributed by atoms with E-state index >= 15 is 0 Å². The van der Waals surface area contributed by atoms with Gasteiger partial charge in [0, 0.05) is 22.0 Å². The van der Waals surface area contributed by atoms with Crippen LogP contribution in [-0.4, -0.2) is 21.3 Å². The lowest BCUT2D eigenvalue weighted by Crippen LogP contribution is -2.18. The molecule has 0 spiro atoms. The average molecular weight is 371 g/mol. The number of nitrogens with zero attached hydrogens (tertiary/aromatic N) is 2. The van der Waals surface area contributed by atoms with E-state index in [0.717, 1.165) is 15.9 Å². The van der Waals surface area contributed by atoms with E-state index in [0.29, 0.717) is 11.7 Å². The summed E-state index contributed by atoms with van der Waals surface area (Å²) in [6.07, 6.45) is 0. The smallest absolute Gasteiger partial charge is 0.310 e. The summed E-state index contributed by atoms with van der Waals surface area (Å²) in [4.78, 5) is 12.7. The molecule has 1 unspecified atom stereocenters. The number of halogens is 1. The largest absolute Gasteiger partial charge is 0.343 e. The summed E-state index contributed by atoms with van der Waals surface area (Å²) in [5, 5.41) is 10.7. The number of rotatable bonds is 6. The molecule has 1 atom stereocenters. The number of hydrogen-bond acceptors (Lipinski definition) is 4. The van der Waals surface area contributed by atoms with E-state index in [9.17, 15) is 4.79 Å². The highest BCUT2D eigenvalue weighted by molar-refractivity contribution is 9.10. The van der Waals surface area contributed by atoms with Crippen molar-refractivity contribution in [2.24, 2.45) is 0 Å². The van der Waals surface area contributed by atoms with Crippen molar-refractivity contribution in [3.63, 3.8) is 0 Å². The predicted molar refractivity (Wildman–Crippen MR) is 88.9 cm³/mol. The lowest BCUT2D eigenvalue weighted by molar-refractivity contribution is 0.589. The number of nitrogens with one attached hydrogen (secondary N) is 2. The second-order valence-electron chi connectivity index (χ2n) is 4.62. The van der Waals surface area contributed by atoms with E-state index in [1.54, 1.807) is 4.57 Å². The van der Waals surface area contributed by atoms with Gasteiger partial charge in [-0.3, -0.25) is 4.57 Å². The van der Waals surface area contributed by atoms with Crippen molar-refractivity contribution >= 4 is 27.7 Å². The predicted octanol–water partition coefficient (Wildman–Crippen LogP) is 3.18. The van der Waals surface area contributed by atoms with Crippen LogP contribution >= 0.6 is 27.7 Å². The van der Waals surface area contributed by atoms with Crippen LogP contribution in [0.3, 0.4) is 0 Å². The molecular formula is C14H19BrN4OS. The van der Waals surface area contributed by atoms with Gasteiger partial charge in [0.25, 0.3) is 0 Å². The van der Waals surface area contributed by atoms with Gasteiger partial charge in [-0.15, -0.1) is 5.10 Å². The van der Waals surface area contributed by atoms with Crippen molar-refractivity contribution in [1.29, 1.82) is 0 Å². The Bertz CT molecular complexity index is 667. The standard InChI is InChI=1S/C14H19BrN4OS/c1-4-16-9(3)11-8-10(15)6-7-12(11)21-14-18-17-13(20)19(14)5-2/h6-9,16H,4-5H2,1-3H3,(H,17,20). The van der Waals surface area contributed by atoms with E-state index in [1.807, 2.05) is 13.0 Å². The molecule has 1 aromatic carbocycles. The molecule has 5 nitrogen and oxygen atoms in total. The van der Waals surface area contributed by atoms with Crippen molar-refractivity contribution in [3.05, 3.63) is 38.7 Å². The maximum atomic E-state index is 11.6. The molecule has 2 N–H and O–H groups in total. The third-order valence-electron chi connectivity index (χ3n) is 3.19. The summed E-state index contributed by atoms with van der Waals surface area (Å²) in [6, 6.07) is 6.40. The minimum absolute atomic E-state index is 0.168. The number of benzene rings is 1. The minimum Gasteiger partial charge on any atom is -0.310 e. The third-order valence-corrected chi connectivity index (χ3v) is 4.77. The second-order valence-corrected chi connectivity index (χ2v) is 6.54. The highest BCUT2D eigenvalue weighted by atomic mass is 79.9. The highest BCUT2D eigenvalue weighted by Crippen LogP contribution is 2.33. The van der Waals surface area contributed by atoms with Gasteiger partial charge in [-0.05, 0) is 55.9 Å². The number of hydrogen-bond donors (Lipinski definition) is 2. The molecule has 0 amide bonds. The first-order valence-corrected chi connectivity index (χ1v) is 8.53. The van der Waals surface area contributed by atoms with Crippen LogP contribution in [0.1, 0.15) is 32.4 Å². The van der Waals surface area contributed by atoms with Crippen LogP contribution in [-0.2, 0) is 6.54 Å². The molecule has 1 heterocycles. The Hall–Kier alpha value is -1.05. The zero-order valence-corrected chi connectivity index (χ0v) is 14.7. The average Bonchev–Trinajstić information content (AvgIpc) is 2.81. The van der Waals surface area contributed by atoms with Gasteiger partial charge in [0.05, 0.1) is 0 Å². The molecule has 0 radical (unpaired) electrons. The van der Waals surface area contributed by atoms with Crippen LogP contribution in [0, 0.1) is 0 Å². The summed E-state index contributed by atoms with van der Waals surface area (Å²) >= 11 is 5.03. The van der Waals surface area contributed by atoms with Crippen molar-refractivity contribution in [1.82, 2.24) is 20.1 Å². The number of aromatic amines is 1. The molecule has 0 saturated carbocycles. The zero-order chi connectivity index (χ0) is 15.4. The fraction of sp³-hybridized carbons (Fsp3) is 0.429. The first kappa shape index (κ1) is 16.3. The van der Waals surface area contributed by atoms with Crippen molar-refractivity contribution < 1.29 is 0 Å². The van der Waals surface area contributed by atoms with Crippen LogP contribution in [0.25, 0.3) is 0 Å². The van der Waals surface area contributed by atoms with Crippen LogP contribution in [0.2, 0.25) is 0 Å². The Morgan fingerprint density at radius 1 is 1.48 bits per heavy atom. The molecule has 7 heteroatoms. The Balaban J connectivity index is 2.37. The van der Waals surface area contributed by atoms with Crippen molar-refractivity contribution in [2.45, 2.75) is 43.4 Å². The van der Waals surface area contributed by atoms with Crippen LogP contribution < -0.4 is 11.0 Å². The van der Waals surface area contributed by atoms with Crippen LogP contribution in [0.15, 0.2) is 37.5 Å². The normalized spacial score (nSPS) is 12.6. The zero-order valence-electron chi connectivity index (χ0n) is 12.3. The number of H-pyrrole nitrogens is 1. The second kappa shape index (κ2) is 7.29. The van der Waals surface area contributed by atoms with Gasteiger partial charge in [0.15, 0.2) is 5.16 Å². The fourth-order valence-electron chi connectivity index (χ4n) is 2.13. The first-order valence-electron chi connectivity index (χ1n) is 6.92. The maximum absolute atomic E-state index is 11.6. The molecule has 2 rings (SSSR count). The van der Waals surface area contributed by atoms with Crippen molar-refractivity contribution in [2.75, 3.05) is 6.54 Å². The molecule has 0 aliphatic carbocycles. The molecule has 0 fully saturated rings. The molecule has 0 bridgehead atoms. The summed E-state index contributed by atoms with van der Waals surface area (Å²) in [7, 11) is 0. The Morgan fingerprint density at radius 3 is 2.90 bits per heavy atom. The minimum atomic E-state index is -0.168. The van der Waals surface area contributed by atoms with Crippen LogP contribution in [0.4, 0.5) is 0 Å². The van der Waals surface area contributed by atoms with Gasteiger partial charge in [-0.1, -0.05) is 22.9 Å². The summed E-state index contributed by atoms with van der Waals surface area (Å²) in [5.74, 6) is 0. The van der Waals surface area contributed by atoms with Gasteiger partial charge in [0.1, 0.15) is 0 Å². The summed E-state index contributed by atoms with van der Waals surface area (Å²) in [5.41, 5.74) is 1.02. The molecule has 1 aromatic heterocycles. The van der Waals surface area contributed by atoms with E-state index < -0.39 is 0 Å². The first-order chi connectivity index (χ1) is 10.1. The Morgan fingerprint density at radius 2 is 2.24 bits per heavy atom. The van der Waals surface area contributed by atoms with Crippen LogP contribution in [0.5, 0.6) is 0 Å². The molecular weight excluding hydrogens is 352 g/mol. The Labute approximate surface area is 136 Å². The molecule has 0 saturated heterocycles. The Kier molecular flexibility index (Phi) is 5.66. The lowest BCUT2D eigenvalue weighted by Gasteiger charge is -2.17. The van der Waals surface area contributed by atoms with E-state index in [-0.39, 0.29) is 11.7 Å². The number of aromatic nitrogens is 3. The van der Waals surface area contributed by atoms with Gasteiger partial charge in [-0.25, -0.2) is 9.89 Å². The maximum Gasteiger partial charge on any atom is 0.343 e.